The van der Waals surface area contributed by atoms with Crippen molar-refractivity contribution in [3.05, 3.63) is 29.8 Å². The first kappa shape index (κ1) is 18.6. The van der Waals surface area contributed by atoms with Crippen LogP contribution in [-0.4, -0.2) is 56.7 Å². The number of fused-ring (bicyclic) bond motifs is 1. The van der Waals surface area contributed by atoms with Crippen molar-refractivity contribution in [2.24, 2.45) is 10.9 Å². The average molecular weight is 371 g/mol. The normalized spacial score (nSPS) is 26.6. The van der Waals surface area contributed by atoms with E-state index in [1.54, 1.807) is 0 Å². The summed E-state index contributed by atoms with van der Waals surface area (Å²) in [6.45, 7) is 5.37. The molecule has 1 aliphatic carbocycles. The first-order valence-corrected chi connectivity index (χ1v) is 10.7. The van der Waals surface area contributed by atoms with Crippen LogP contribution < -0.4 is 15.4 Å². The van der Waals surface area contributed by atoms with Crippen molar-refractivity contribution in [2.75, 3.05) is 39.8 Å². The van der Waals surface area contributed by atoms with Crippen LogP contribution in [0.5, 0.6) is 5.75 Å². The molecule has 2 unspecified atom stereocenters. The van der Waals surface area contributed by atoms with Crippen molar-refractivity contribution in [1.82, 2.24) is 15.5 Å². The zero-order chi connectivity index (χ0) is 18.5. The minimum absolute atomic E-state index is 0.482. The van der Waals surface area contributed by atoms with Crippen LogP contribution in [0.3, 0.4) is 0 Å². The van der Waals surface area contributed by atoms with Gasteiger partial charge in [0.2, 0.25) is 0 Å². The molecule has 1 aromatic carbocycles. The van der Waals surface area contributed by atoms with E-state index in [0.29, 0.717) is 12.0 Å². The van der Waals surface area contributed by atoms with Crippen LogP contribution in [0.1, 0.15) is 50.0 Å². The van der Waals surface area contributed by atoms with Crippen molar-refractivity contribution < 1.29 is 4.74 Å². The van der Waals surface area contributed by atoms with Gasteiger partial charge in [-0.3, -0.25) is 4.99 Å². The van der Waals surface area contributed by atoms with E-state index in [1.165, 1.54) is 50.8 Å². The lowest BCUT2D eigenvalue weighted by atomic mass is 9.93. The Morgan fingerprint density at radius 1 is 1.19 bits per heavy atom. The van der Waals surface area contributed by atoms with E-state index < -0.39 is 0 Å². The van der Waals surface area contributed by atoms with Gasteiger partial charge in [-0.05, 0) is 43.2 Å². The summed E-state index contributed by atoms with van der Waals surface area (Å²) in [7, 11) is 1.87. The third kappa shape index (κ3) is 4.75. The second-order valence-electron chi connectivity index (χ2n) is 8.36. The predicted molar refractivity (Wildman–Crippen MR) is 111 cm³/mol. The Balaban J connectivity index is 1.24. The van der Waals surface area contributed by atoms with Gasteiger partial charge >= 0.3 is 0 Å². The van der Waals surface area contributed by atoms with Gasteiger partial charge < -0.3 is 20.3 Å². The molecule has 0 amide bonds. The van der Waals surface area contributed by atoms with Crippen molar-refractivity contribution in [3.63, 3.8) is 0 Å². The molecule has 0 aromatic heterocycles. The monoisotopic (exact) mass is 370 g/mol. The van der Waals surface area contributed by atoms with Gasteiger partial charge in [0.15, 0.2) is 5.96 Å². The number of rotatable bonds is 5. The van der Waals surface area contributed by atoms with Crippen LogP contribution in [0, 0.1) is 5.92 Å². The Bertz CT molecular complexity index is 641. The van der Waals surface area contributed by atoms with Crippen molar-refractivity contribution >= 4 is 5.96 Å². The zero-order valence-corrected chi connectivity index (χ0v) is 16.6. The van der Waals surface area contributed by atoms with E-state index in [4.69, 9.17) is 4.74 Å². The van der Waals surface area contributed by atoms with Gasteiger partial charge in [-0.25, -0.2) is 0 Å². The lowest BCUT2D eigenvalue weighted by molar-refractivity contribution is 0.266. The molecule has 5 heteroatoms. The van der Waals surface area contributed by atoms with Crippen molar-refractivity contribution in [2.45, 2.75) is 50.5 Å². The average Bonchev–Trinajstić information content (AvgIpc) is 3.37. The standard InChI is InChI=1S/C22H34N4O/c1-23-22(24-14-18-11-13-27-21-9-5-4-8-20(18)21)25-19-10-12-26(16-19)15-17-6-2-3-7-17/h4-5,8-9,17-19H,2-3,6-7,10-16H2,1H3,(H2,23,24,25). The Kier molecular flexibility index (Phi) is 6.17. The highest BCUT2D eigenvalue weighted by atomic mass is 16.5. The summed E-state index contributed by atoms with van der Waals surface area (Å²) in [6, 6.07) is 8.93. The Hall–Kier alpha value is -1.75. The van der Waals surface area contributed by atoms with Crippen LogP contribution in [0.15, 0.2) is 29.3 Å². The lowest BCUT2D eigenvalue weighted by Crippen LogP contribution is -2.46. The number of para-hydroxylation sites is 1. The number of ether oxygens (including phenoxy) is 1. The minimum atomic E-state index is 0.482. The molecule has 27 heavy (non-hydrogen) atoms. The third-order valence-electron chi connectivity index (χ3n) is 6.43. The van der Waals surface area contributed by atoms with E-state index in [-0.39, 0.29) is 0 Å². The quantitative estimate of drug-likeness (QED) is 0.618. The number of hydrogen-bond acceptors (Lipinski definition) is 3. The van der Waals surface area contributed by atoms with E-state index in [9.17, 15) is 0 Å². The van der Waals surface area contributed by atoms with Gasteiger partial charge in [-0.15, -0.1) is 0 Å². The lowest BCUT2D eigenvalue weighted by Gasteiger charge is -2.27. The molecule has 3 aliphatic rings. The van der Waals surface area contributed by atoms with Gasteiger partial charge in [0.1, 0.15) is 5.75 Å². The topological polar surface area (TPSA) is 48.9 Å². The van der Waals surface area contributed by atoms with Crippen LogP contribution in [0.2, 0.25) is 0 Å². The number of aliphatic imine (C=N–C) groups is 1. The Labute approximate surface area is 163 Å². The van der Waals surface area contributed by atoms with Gasteiger partial charge in [-0.1, -0.05) is 31.0 Å². The second kappa shape index (κ2) is 8.96. The zero-order valence-electron chi connectivity index (χ0n) is 16.6. The fourth-order valence-electron chi connectivity index (χ4n) is 4.91. The van der Waals surface area contributed by atoms with E-state index in [2.05, 4.69) is 38.7 Å². The maximum absolute atomic E-state index is 5.78. The minimum Gasteiger partial charge on any atom is -0.493 e. The first-order chi connectivity index (χ1) is 13.3. The highest BCUT2D eigenvalue weighted by Crippen LogP contribution is 2.32. The molecular weight excluding hydrogens is 336 g/mol. The number of benzene rings is 1. The van der Waals surface area contributed by atoms with E-state index in [1.807, 2.05) is 13.1 Å². The van der Waals surface area contributed by atoms with Gasteiger partial charge in [-0.2, -0.15) is 0 Å². The first-order valence-electron chi connectivity index (χ1n) is 10.7. The van der Waals surface area contributed by atoms with Crippen LogP contribution in [0.4, 0.5) is 0 Å². The fraction of sp³-hybridized carbons (Fsp3) is 0.682. The summed E-state index contributed by atoms with van der Waals surface area (Å²) in [5, 5.41) is 7.21. The molecule has 4 rings (SSSR count). The number of hydrogen-bond donors (Lipinski definition) is 2. The number of guanidine groups is 1. The molecule has 1 aromatic rings. The van der Waals surface area contributed by atoms with Crippen molar-refractivity contribution in [3.8, 4) is 5.75 Å². The molecule has 0 radical (unpaired) electrons. The van der Waals surface area contributed by atoms with Gasteiger partial charge in [0.25, 0.3) is 0 Å². The Morgan fingerprint density at radius 3 is 2.89 bits per heavy atom. The van der Waals surface area contributed by atoms with E-state index >= 15 is 0 Å². The highest BCUT2D eigenvalue weighted by Gasteiger charge is 2.27. The van der Waals surface area contributed by atoms with Gasteiger partial charge in [0, 0.05) is 45.2 Å². The van der Waals surface area contributed by atoms with Crippen LogP contribution in [0.25, 0.3) is 0 Å². The number of nitrogens with zero attached hydrogens (tertiary/aromatic N) is 2. The predicted octanol–water partition coefficient (Wildman–Crippen LogP) is 2.98. The molecule has 0 bridgehead atoms. The molecule has 2 N–H and O–H groups in total. The van der Waals surface area contributed by atoms with E-state index in [0.717, 1.165) is 43.7 Å². The Morgan fingerprint density at radius 2 is 2.04 bits per heavy atom. The smallest absolute Gasteiger partial charge is 0.191 e. The summed E-state index contributed by atoms with van der Waals surface area (Å²) in [6.07, 6.45) is 8.01. The summed E-state index contributed by atoms with van der Waals surface area (Å²) >= 11 is 0. The SMILES string of the molecule is CN=C(NCC1CCOc2ccccc21)NC1CCN(CC2CCCC2)C1. The maximum atomic E-state index is 5.78. The van der Waals surface area contributed by atoms with Crippen LogP contribution >= 0.6 is 0 Å². The molecule has 2 heterocycles. The molecule has 1 saturated carbocycles. The third-order valence-corrected chi connectivity index (χ3v) is 6.43. The molecule has 1 saturated heterocycles. The van der Waals surface area contributed by atoms with Gasteiger partial charge in [0.05, 0.1) is 6.61 Å². The molecule has 2 atom stereocenters. The molecule has 5 nitrogen and oxygen atoms in total. The fourth-order valence-corrected chi connectivity index (χ4v) is 4.91. The molecule has 2 aliphatic heterocycles. The highest BCUT2D eigenvalue weighted by molar-refractivity contribution is 5.80. The summed E-state index contributed by atoms with van der Waals surface area (Å²) in [4.78, 5) is 7.11. The summed E-state index contributed by atoms with van der Waals surface area (Å²) < 4.78 is 5.78. The molecule has 0 spiro atoms. The van der Waals surface area contributed by atoms with Crippen molar-refractivity contribution in [1.29, 1.82) is 0 Å². The summed E-state index contributed by atoms with van der Waals surface area (Å²) in [5.74, 6) is 3.40. The maximum Gasteiger partial charge on any atom is 0.191 e. The largest absolute Gasteiger partial charge is 0.493 e. The number of likely N-dealkylation sites (tertiary alicyclic amines) is 1. The van der Waals surface area contributed by atoms with Crippen LogP contribution in [-0.2, 0) is 0 Å². The molecule has 148 valence electrons. The number of nitrogens with one attached hydrogen (secondary N) is 2. The molecule has 2 fully saturated rings. The molecular formula is C22H34N4O. The second-order valence-corrected chi connectivity index (χ2v) is 8.36. The summed E-state index contributed by atoms with van der Waals surface area (Å²) in [5.41, 5.74) is 1.32.